The lowest BCUT2D eigenvalue weighted by molar-refractivity contribution is -0.131. The Morgan fingerprint density at radius 3 is 2.22 bits per heavy atom. The van der Waals surface area contributed by atoms with Gasteiger partial charge in [0.25, 0.3) is 0 Å². The summed E-state index contributed by atoms with van der Waals surface area (Å²) in [5.74, 6) is -1.02. The highest BCUT2D eigenvalue weighted by atomic mass is 32.2. The Bertz CT molecular complexity index is 704. The molecule has 1 aliphatic carbocycles. The fraction of sp³-hybridized carbons (Fsp3) is 0.500. The van der Waals surface area contributed by atoms with Gasteiger partial charge in [-0.15, -0.1) is 0 Å². The summed E-state index contributed by atoms with van der Waals surface area (Å²) < 4.78 is 22.9. The number of benzene rings is 1. The van der Waals surface area contributed by atoms with E-state index in [1.165, 1.54) is 18.4 Å². The first-order valence-electron chi connectivity index (χ1n) is 7.34. The number of hydrogen-bond acceptors (Lipinski definition) is 4. The maximum atomic E-state index is 12.3. The van der Waals surface area contributed by atoms with Crippen molar-refractivity contribution in [2.75, 3.05) is 19.1 Å². The number of carboxylic acids is 1. The molecule has 1 amide bonds. The molecule has 0 unspecified atom stereocenters. The molecule has 1 aliphatic rings. The van der Waals surface area contributed by atoms with E-state index in [1.807, 2.05) is 0 Å². The molecule has 7 heteroatoms. The van der Waals surface area contributed by atoms with Crippen molar-refractivity contribution in [3.63, 3.8) is 0 Å². The molecular formula is C16H21NO5S. The molecule has 0 spiro atoms. The van der Waals surface area contributed by atoms with Crippen LogP contribution in [-0.4, -0.2) is 49.4 Å². The Hall–Kier alpha value is -1.89. The van der Waals surface area contributed by atoms with E-state index >= 15 is 0 Å². The van der Waals surface area contributed by atoms with Crippen LogP contribution in [-0.2, 0) is 21.2 Å². The van der Waals surface area contributed by atoms with Crippen molar-refractivity contribution in [2.45, 2.75) is 25.8 Å². The number of carboxylic acid groups (broad SMARTS) is 1. The molecule has 6 nitrogen and oxygen atoms in total. The number of carbonyl (C=O) groups excluding carboxylic acids is 1. The van der Waals surface area contributed by atoms with Crippen molar-refractivity contribution < 1.29 is 23.1 Å². The summed E-state index contributed by atoms with van der Waals surface area (Å²) in [6.07, 6.45) is 2.98. The second kappa shape index (κ2) is 6.31. The molecule has 0 aromatic heterocycles. The summed E-state index contributed by atoms with van der Waals surface area (Å²) in [6, 6.07) is 6.36. The summed E-state index contributed by atoms with van der Waals surface area (Å²) in [7, 11) is -1.42. The average Bonchev–Trinajstić information content (AvgIpc) is 3.16. The largest absolute Gasteiger partial charge is 0.478 e. The zero-order valence-corrected chi connectivity index (χ0v) is 14.1. The average molecular weight is 339 g/mol. The number of aromatic carboxylic acids is 1. The van der Waals surface area contributed by atoms with E-state index in [2.05, 4.69) is 0 Å². The Balaban J connectivity index is 1.94. The highest BCUT2D eigenvalue weighted by Crippen LogP contribution is 2.50. The number of rotatable bonds is 7. The monoisotopic (exact) mass is 339 g/mol. The molecule has 0 saturated heterocycles. The second-order valence-electron chi connectivity index (χ2n) is 6.50. The molecule has 126 valence electrons. The third kappa shape index (κ3) is 5.06. The number of amides is 1. The maximum absolute atomic E-state index is 12.3. The van der Waals surface area contributed by atoms with Crippen LogP contribution in [0.25, 0.3) is 0 Å². The normalized spacial score (nSPS) is 15.9. The van der Waals surface area contributed by atoms with Crippen molar-refractivity contribution in [2.24, 2.45) is 5.41 Å². The highest BCUT2D eigenvalue weighted by molar-refractivity contribution is 7.90. The van der Waals surface area contributed by atoms with Crippen LogP contribution in [0.3, 0.4) is 0 Å². The lowest BCUT2D eigenvalue weighted by Gasteiger charge is -2.21. The van der Waals surface area contributed by atoms with E-state index in [9.17, 15) is 18.0 Å². The second-order valence-corrected chi connectivity index (χ2v) is 8.64. The number of sulfone groups is 1. The van der Waals surface area contributed by atoms with Gasteiger partial charge in [-0.1, -0.05) is 12.1 Å². The Morgan fingerprint density at radius 2 is 1.78 bits per heavy atom. The SMILES string of the molecule is CN(Cc1ccc(C(=O)O)cc1)C(=O)CC1(CS(C)(=O)=O)CC1. The van der Waals surface area contributed by atoms with Crippen LogP contribution in [0.2, 0.25) is 0 Å². The van der Waals surface area contributed by atoms with Crippen molar-refractivity contribution in [1.29, 1.82) is 0 Å². The maximum Gasteiger partial charge on any atom is 0.335 e. The van der Waals surface area contributed by atoms with E-state index in [-0.39, 0.29) is 29.1 Å². The molecule has 1 aromatic carbocycles. The van der Waals surface area contributed by atoms with Gasteiger partial charge >= 0.3 is 5.97 Å². The lowest BCUT2D eigenvalue weighted by atomic mass is 10.0. The topological polar surface area (TPSA) is 91.8 Å². The van der Waals surface area contributed by atoms with Crippen molar-refractivity contribution in [3.05, 3.63) is 35.4 Å². The third-order valence-corrected chi connectivity index (χ3v) is 5.23. The summed E-state index contributed by atoms with van der Waals surface area (Å²) in [5, 5.41) is 8.86. The van der Waals surface area contributed by atoms with Gasteiger partial charge in [-0.25, -0.2) is 13.2 Å². The van der Waals surface area contributed by atoms with Crippen LogP contribution in [0, 0.1) is 5.41 Å². The van der Waals surface area contributed by atoms with Gasteiger partial charge in [0.1, 0.15) is 9.84 Å². The van der Waals surface area contributed by atoms with Gasteiger partial charge in [-0.2, -0.15) is 0 Å². The number of hydrogen-bond donors (Lipinski definition) is 1. The van der Waals surface area contributed by atoms with Crippen molar-refractivity contribution in [1.82, 2.24) is 4.90 Å². The van der Waals surface area contributed by atoms with E-state index in [4.69, 9.17) is 5.11 Å². The lowest BCUT2D eigenvalue weighted by Crippen LogP contribution is -2.30. The zero-order chi connectivity index (χ0) is 17.3. The summed E-state index contributed by atoms with van der Waals surface area (Å²) in [4.78, 5) is 24.7. The molecule has 1 N–H and O–H groups in total. The molecule has 0 atom stereocenters. The van der Waals surface area contributed by atoms with Crippen LogP contribution >= 0.6 is 0 Å². The van der Waals surface area contributed by atoms with Gasteiger partial charge < -0.3 is 10.0 Å². The van der Waals surface area contributed by atoms with Crippen LogP contribution in [0.4, 0.5) is 0 Å². The van der Waals surface area contributed by atoms with Crippen molar-refractivity contribution >= 4 is 21.7 Å². The van der Waals surface area contributed by atoms with Gasteiger partial charge in [-0.3, -0.25) is 4.79 Å². The first kappa shape index (κ1) is 17.5. The molecule has 1 aromatic rings. The minimum Gasteiger partial charge on any atom is -0.478 e. The predicted octanol–water partition coefficient (Wildman–Crippen LogP) is 1.56. The molecule has 23 heavy (non-hydrogen) atoms. The van der Waals surface area contributed by atoms with Gasteiger partial charge in [0.15, 0.2) is 0 Å². The van der Waals surface area contributed by atoms with Gasteiger partial charge in [0.2, 0.25) is 5.91 Å². The van der Waals surface area contributed by atoms with Crippen LogP contribution < -0.4 is 0 Å². The van der Waals surface area contributed by atoms with E-state index < -0.39 is 15.8 Å². The standard InChI is InChI=1S/C16H21NO5S/c1-17(10-12-3-5-13(6-4-12)15(19)20)14(18)9-16(7-8-16)11-23(2,21)22/h3-6H,7-11H2,1-2H3,(H,19,20). The number of carbonyl (C=O) groups is 2. The first-order valence-corrected chi connectivity index (χ1v) is 9.40. The summed E-state index contributed by atoms with van der Waals surface area (Å²) >= 11 is 0. The van der Waals surface area contributed by atoms with Gasteiger partial charge in [-0.05, 0) is 36.0 Å². The van der Waals surface area contributed by atoms with E-state index in [0.29, 0.717) is 6.54 Å². The van der Waals surface area contributed by atoms with Gasteiger partial charge in [0.05, 0.1) is 11.3 Å². The smallest absolute Gasteiger partial charge is 0.335 e. The molecule has 0 radical (unpaired) electrons. The zero-order valence-electron chi connectivity index (χ0n) is 13.3. The first-order chi connectivity index (χ1) is 10.6. The minimum absolute atomic E-state index is 0.0624. The highest BCUT2D eigenvalue weighted by Gasteiger charge is 2.47. The third-order valence-electron chi connectivity index (χ3n) is 4.10. The van der Waals surface area contributed by atoms with Crippen molar-refractivity contribution in [3.8, 4) is 0 Å². The number of nitrogens with zero attached hydrogens (tertiary/aromatic N) is 1. The fourth-order valence-corrected chi connectivity index (χ4v) is 4.18. The quantitative estimate of drug-likeness (QED) is 0.814. The fourth-order valence-electron chi connectivity index (χ4n) is 2.68. The molecule has 0 aliphatic heterocycles. The van der Waals surface area contributed by atoms with Crippen LogP contribution in [0.15, 0.2) is 24.3 Å². The Labute approximate surface area is 136 Å². The Kier molecular flexibility index (Phi) is 4.79. The minimum atomic E-state index is -3.09. The Morgan fingerprint density at radius 1 is 1.22 bits per heavy atom. The molecule has 2 rings (SSSR count). The predicted molar refractivity (Wildman–Crippen MR) is 85.9 cm³/mol. The molecular weight excluding hydrogens is 318 g/mol. The molecule has 1 fully saturated rings. The molecule has 0 heterocycles. The van der Waals surface area contributed by atoms with Crippen LogP contribution in [0.5, 0.6) is 0 Å². The summed E-state index contributed by atoms with van der Waals surface area (Å²) in [5.41, 5.74) is 0.651. The van der Waals surface area contributed by atoms with Crippen LogP contribution in [0.1, 0.15) is 35.2 Å². The summed E-state index contributed by atoms with van der Waals surface area (Å²) in [6.45, 7) is 0.369. The molecule has 0 bridgehead atoms. The molecule has 1 saturated carbocycles. The van der Waals surface area contributed by atoms with Gasteiger partial charge in [0, 0.05) is 26.3 Å². The van der Waals surface area contributed by atoms with E-state index in [0.717, 1.165) is 18.4 Å². The van der Waals surface area contributed by atoms with E-state index in [1.54, 1.807) is 24.1 Å².